The summed E-state index contributed by atoms with van der Waals surface area (Å²) in [4.78, 5) is 0. The van der Waals surface area contributed by atoms with Crippen LogP contribution in [0.3, 0.4) is 0 Å². The fraction of sp³-hybridized carbons (Fsp3) is 0.0938. The van der Waals surface area contributed by atoms with Crippen LogP contribution in [0, 0.1) is 19.7 Å². The van der Waals surface area contributed by atoms with Gasteiger partial charge in [-0.15, -0.1) is 0 Å². The number of pyridine rings is 1. The minimum Gasteiger partial charge on any atom is -0.452 e. The molecular formula is C32H25FNO+. The van der Waals surface area contributed by atoms with Crippen LogP contribution in [0.5, 0.6) is 0 Å². The zero-order valence-corrected chi connectivity index (χ0v) is 20.0. The van der Waals surface area contributed by atoms with Crippen molar-refractivity contribution in [3.63, 3.8) is 0 Å². The molecule has 6 rings (SSSR count). The molecule has 0 aliphatic rings. The van der Waals surface area contributed by atoms with E-state index in [2.05, 4.69) is 54.8 Å². The summed E-state index contributed by atoms with van der Waals surface area (Å²) in [5.41, 5.74) is 8.96. The lowest BCUT2D eigenvalue weighted by molar-refractivity contribution is -0.660. The van der Waals surface area contributed by atoms with E-state index >= 15 is 4.39 Å². The lowest BCUT2D eigenvalue weighted by Gasteiger charge is -2.07. The Morgan fingerprint density at radius 3 is 2.00 bits per heavy atom. The Morgan fingerprint density at radius 2 is 1.29 bits per heavy atom. The normalized spacial score (nSPS) is 11.4. The van der Waals surface area contributed by atoms with Gasteiger partial charge in [-0.1, -0.05) is 72.3 Å². The van der Waals surface area contributed by atoms with Crippen molar-refractivity contribution in [2.75, 3.05) is 0 Å². The summed E-state index contributed by atoms with van der Waals surface area (Å²) in [5.74, 6) is -0.331. The standard InChI is InChI=1S/C32H25FNO/c1-20-7-10-22(11-8-20)23-12-14-24(15-13-23)25-17-18-27-26-16-9-21(2)29(28-6-4-5-19-34(28)3)31(26)35-32(27)30(25)33/h4-19H,1-3H3/q+1. The minimum absolute atomic E-state index is 0.297. The predicted octanol–water partition coefficient (Wildman–Crippen LogP) is 8.17. The molecule has 0 fully saturated rings. The number of hydrogen-bond acceptors (Lipinski definition) is 1. The van der Waals surface area contributed by atoms with E-state index < -0.39 is 0 Å². The van der Waals surface area contributed by atoms with E-state index in [0.717, 1.165) is 44.3 Å². The van der Waals surface area contributed by atoms with Crippen molar-refractivity contribution >= 4 is 21.9 Å². The van der Waals surface area contributed by atoms with Gasteiger partial charge in [-0.2, -0.15) is 0 Å². The zero-order valence-electron chi connectivity index (χ0n) is 20.0. The Hall–Kier alpha value is -4.24. The second-order valence-electron chi connectivity index (χ2n) is 9.18. The number of hydrogen-bond donors (Lipinski definition) is 0. The van der Waals surface area contributed by atoms with E-state index in [0.29, 0.717) is 16.7 Å². The van der Waals surface area contributed by atoms with Crippen LogP contribution >= 0.6 is 0 Å². The van der Waals surface area contributed by atoms with E-state index in [4.69, 9.17) is 4.42 Å². The van der Waals surface area contributed by atoms with Crippen LogP contribution in [-0.2, 0) is 7.05 Å². The first kappa shape index (κ1) is 21.3. The maximum absolute atomic E-state index is 15.9. The van der Waals surface area contributed by atoms with Gasteiger partial charge >= 0.3 is 0 Å². The average Bonchev–Trinajstić information content (AvgIpc) is 3.25. The van der Waals surface area contributed by atoms with Gasteiger partial charge in [-0.05, 0) is 48.2 Å². The number of benzene rings is 4. The van der Waals surface area contributed by atoms with Crippen LogP contribution in [0.2, 0.25) is 0 Å². The summed E-state index contributed by atoms with van der Waals surface area (Å²) >= 11 is 0. The highest BCUT2D eigenvalue weighted by Gasteiger charge is 2.22. The third-order valence-corrected chi connectivity index (χ3v) is 6.85. The second kappa shape index (κ2) is 8.21. The maximum Gasteiger partial charge on any atom is 0.216 e. The molecular weight excluding hydrogens is 433 g/mol. The highest BCUT2D eigenvalue weighted by Crippen LogP contribution is 2.40. The summed E-state index contributed by atoms with van der Waals surface area (Å²) < 4.78 is 24.2. The van der Waals surface area contributed by atoms with Crippen molar-refractivity contribution in [2.24, 2.45) is 7.05 Å². The van der Waals surface area contributed by atoms with Crippen LogP contribution in [-0.4, -0.2) is 0 Å². The Kier molecular flexibility index (Phi) is 5.00. The molecule has 0 saturated carbocycles. The Morgan fingerprint density at radius 1 is 0.657 bits per heavy atom. The van der Waals surface area contributed by atoms with Gasteiger partial charge in [0.15, 0.2) is 17.6 Å². The molecule has 0 N–H and O–H groups in total. The highest BCUT2D eigenvalue weighted by atomic mass is 19.1. The molecule has 2 aromatic heterocycles. The molecule has 0 amide bonds. The van der Waals surface area contributed by atoms with Crippen molar-refractivity contribution in [3.05, 3.63) is 114 Å². The molecule has 0 radical (unpaired) electrons. The molecule has 0 bridgehead atoms. The van der Waals surface area contributed by atoms with Crippen molar-refractivity contribution in [1.82, 2.24) is 0 Å². The quantitative estimate of drug-likeness (QED) is 0.244. The Bertz CT molecular complexity index is 1710. The van der Waals surface area contributed by atoms with Gasteiger partial charge in [0.05, 0.1) is 5.56 Å². The molecule has 35 heavy (non-hydrogen) atoms. The first-order valence-corrected chi connectivity index (χ1v) is 11.8. The number of nitrogens with zero attached hydrogens (tertiary/aromatic N) is 1. The predicted molar refractivity (Wildman–Crippen MR) is 141 cm³/mol. The molecule has 2 nitrogen and oxygen atoms in total. The lowest BCUT2D eigenvalue weighted by Crippen LogP contribution is -2.30. The number of aryl methyl sites for hydroxylation is 3. The van der Waals surface area contributed by atoms with Crippen molar-refractivity contribution in [3.8, 4) is 33.5 Å². The van der Waals surface area contributed by atoms with Crippen LogP contribution in [0.4, 0.5) is 4.39 Å². The molecule has 0 saturated heterocycles. The molecule has 0 unspecified atom stereocenters. The molecule has 0 aliphatic carbocycles. The number of aromatic nitrogens is 1. The Balaban J connectivity index is 1.49. The van der Waals surface area contributed by atoms with Crippen molar-refractivity contribution < 1.29 is 13.4 Å². The lowest BCUT2D eigenvalue weighted by atomic mass is 9.97. The number of rotatable bonds is 3. The first-order chi connectivity index (χ1) is 17.0. The molecule has 4 aromatic carbocycles. The SMILES string of the molecule is Cc1ccc(-c2ccc(-c3ccc4c(oc5c(-c6cccc[n+]6C)c(C)ccc54)c3F)cc2)cc1. The smallest absolute Gasteiger partial charge is 0.216 e. The van der Waals surface area contributed by atoms with Gasteiger partial charge in [0.25, 0.3) is 0 Å². The molecule has 3 heteroatoms. The van der Waals surface area contributed by atoms with Crippen molar-refractivity contribution in [1.29, 1.82) is 0 Å². The van der Waals surface area contributed by atoms with E-state index in [1.54, 1.807) is 0 Å². The molecule has 0 spiro atoms. The van der Waals surface area contributed by atoms with E-state index in [9.17, 15) is 0 Å². The third kappa shape index (κ3) is 3.52. The Labute approximate surface area is 203 Å². The number of furan rings is 1. The van der Waals surface area contributed by atoms with E-state index in [1.165, 1.54) is 5.56 Å². The zero-order chi connectivity index (χ0) is 24.1. The molecule has 2 heterocycles. The van der Waals surface area contributed by atoms with Gasteiger partial charge in [-0.25, -0.2) is 8.96 Å². The molecule has 0 aliphatic heterocycles. The monoisotopic (exact) mass is 458 g/mol. The van der Waals surface area contributed by atoms with Gasteiger partial charge in [-0.3, -0.25) is 0 Å². The minimum atomic E-state index is -0.331. The number of halogens is 1. The van der Waals surface area contributed by atoms with Crippen LogP contribution in [0.1, 0.15) is 11.1 Å². The average molecular weight is 459 g/mol. The largest absolute Gasteiger partial charge is 0.452 e. The van der Waals surface area contributed by atoms with Gasteiger partial charge in [0.2, 0.25) is 5.69 Å². The van der Waals surface area contributed by atoms with Crippen LogP contribution in [0.25, 0.3) is 55.4 Å². The maximum atomic E-state index is 15.9. The fourth-order valence-electron chi connectivity index (χ4n) is 4.88. The molecule has 170 valence electrons. The molecule has 0 atom stereocenters. The van der Waals surface area contributed by atoms with Crippen LogP contribution in [0.15, 0.2) is 102 Å². The fourth-order valence-corrected chi connectivity index (χ4v) is 4.88. The molecule has 6 aromatic rings. The summed E-state index contributed by atoms with van der Waals surface area (Å²) in [6, 6.07) is 30.4. The van der Waals surface area contributed by atoms with Gasteiger partial charge in [0.1, 0.15) is 12.6 Å². The van der Waals surface area contributed by atoms with Gasteiger partial charge in [0, 0.05) is 28.5 Å². The van der Waals surface area contributed by atoms with Gasteiger partial charge < -0.3 is 4.42 Å². The summed E-state index contributed by atoms with van der Waals surface area (Å²) in [7, 11) is 2.01. The van der Waals surface area contributed by atoms with Crippen molar-refractivity contribution in [2.45, 2.75) is 13.8 Å². The van der Waals surface area contributed by atoms with E-state index in [1.807, 2.05) is 67.8 Å². The second-order valence-corrected chi connectivity index (χ2v) is 9.18. The number of fused-ring (bicyclic) bond motifs is 3. The van der Waals surface area contributed by atoms with Crippen LogP contribution < -0.4 is 4.57 Å². The third-order valence-electron chi connectivity index (χ3n) is 6.85. The summed E-state index contributed by atoms with van der Waals surface area (Å²) in [5, 5.41) is 1.71. The summed E-state index contributed by atoms with van der Waals surface area (Å²) in [6.07, 6.45) is 2.01. The first-order valence-electron chi connectivity index (χ1n) is 11.8. The topological polar surface area (TPSA) is 17.0 Å². The summed E-state index contributed by atoms with van der Waals surface area (Å²) in [6.45, 7) is 4.14. The highest BCUT2D eigenvalue weighted by molar-refractivity contribution is 6.10. The van der Waals surface area contributed by atoms with E-state index in [-0.39, 0.29) is 5.82 Å².